The van der Waals surface area contributed by atoms with E-state index in [9.17, 15) is 4.79 Å². The summed E-state index contributed by atoms with van der Waals surface area (Å²) >= 11 is 1.82. The van der Waals surface area contributed by atoms with Crippen molar-refractivity contribution < 1.29 is 4.42 Å². The predicted octanol–water partition coefficient (Wildman–Crippen LogP) is 3.81. The van der Waals surface area contributed by atoms with Gasteiger partial charge >= 0.3 is 5.63 Å². The largest absolute Gasteiger partial charge is 0.431 e. The van der Waals surface area contributed by atoms with Crippen LogP contribution in [0.4, 0.5) is 0 Å². The van der Waals surface area contributed by atoms with Crippen molar-refractivity contribution in [2.75, 3.05) is 0 Å². The average molecular weight is 246 g/mol. The van der Waals surface area contributed by atoms with Crippen LogP contribution >= 0.6 is 11.8 Å². The minimum Gasteiger partial charge on any atom is -0.431 e. The molecular weight excluding hydrogens is 232 g/mol. The van der Waals surface area contributed by atoms with E-state index in [2.05, 4.69) is 26.0 Å². The van der Waals surface area contributed by atoms with Crippen LogP contribution in [0.25, 0.3) is 11.1 Å². The molecule has 0 N–H and O–H groups in total. The van der Waals surface area contributed by atoms with E-state index in [4.69, 9.17) is 4.42 Å². The fourth-order valence-corrected chi connectivity index (χ4v) is 2.44. The maximum Gasteiger partial charge on any atom is 0.335 e. The maximum atomic E-state index is 10.9. The molecule has 0 amide bonds. The van der Waals surface area contributed by atoms with E-state index in [0.717, 1.165) is 11.1 Å². The van der Waals surface area contributed by atoms with Crippen LogP contribution in [-0.2, 0) is 0 Å². The Bertz CT molecular complexity index is 538. The van der Waals surface area contributed by atoms with Crippen LogP contribution < -0.4 is 5.63 Å². The summed E-state index contributed by atoms with van der Waals surface area (Å²) in [5.74, 6) is 0. The van der Waals surface area contributed by atoms with Gasteiger partial charge in [-0.25, -0.2) is 4.79 Å². The van der Waals surface area contributed by atoms with E-state index >= 15 is 0 Å². The smallest absolute Gasteiger partial charge is 0.335 e. The Balaban J connectivity index is 2.32. The third-order valence-corrected chi connectivity index (χ3v) is 3.24. The third kappa shape index (κ3) is 3.24. The molecule has 0 aliphatic heterocycles. The summed E-state index contributed by atoms with van der Waals surface area (Å²) in [7, 11) is 0. The van der Waals surface area contributed by atoms with E-state index in [1.54, 1.807) is 6.07 Å². The highest BCUT2D eigenvalue weighted by molar-refractivity contribution is 7.99. The number of hydrogen-bond donors (Lipinski definition) is 0. The van der Waals surface area contributed by atoms with Crippen molar-refractivity contribution in [3.05, 3.63) is 53.1 Å². The fourth-order valence-electron chi connectivity index (χ4n) is 1.54. The lowest BCUT2D eigenvalue weighted by Crippen LogP contribution is -1.93. The number of rotatable bonds is 3. The van der Waals surface area contributed by atoms with E-state index in [1.165, 1.54) is 17.2 Å². The fraction of sp³-hybridized carbons (Fsp3) is 0.214. The lowest BCUT2D eigenvalue weighted by atomic mass is 10.1. The molecule has 1 aromatic carbocycles. The van der Waals surface area contributed by atoms with Gasteiger partial charge in [-0.2, -0.15) is 0 Å². The zero-order valence-electron chi connectivity index (χ0n) is 9.84. The molecule has 0 aliphatic rings. The number of benzene rings is 1. The van der Waals surface area contributed by atoms with Crippen LogP contribution in [0.3, 0.4) is 0 Å². The molecule has 0 atom stereocenters. The van der Waals surface area contributed by atoms with Crippen molar-refractivity contribution >= 4 is 11.8 Å². The lowest BCUT2D eigenvalue weighted by Gasteiger charge is -2.06. The van der Waals surface area contributed by atoms with Crippen LogP contribution in [-0.4, -0.2) is 5.25 Å². The van der Waals surface area contributed by atoms with Gasteiger partial charge in [-0.3, -0.25) is 0 Å². The van der Waals surface area contributed by atoms with Crippen molar-refractivity contribution in [2.24, 2.45) is 0 Å². The molecule has 88 valence electrons. The summed E-state index contributed by atoms with van der Waals surface area (Å²) in [6.45, 7) is 4.33. The first-order valence-electron chi connectivity index (χ1n) is 5.51. The minimum absolute atomic E-state index is 0.318. The molecule has 0 aliphatic carbocycles. The van der Waals surface area contributed by atoms with Crippen molar-refractivity contribution in [3.8, 4) is 11.1 Å². The van der Waals surface area contributed by atoms with Crippen molar-refractivity contribution in [2.45, 2.75) is 24.0 Å². The Hall–Kier alpha value is -1.48. The second kappa shape index (κ2) is 5.23. The minimum atomic E-state index is -0.318. The first kappa shape index (κ1) is 12.0. The first-order chi connectivity index (χ1) is 8.15. The summed E-state index contributed by atoms with van der Waals surface area (Å²) in [5, 5.41) is 0.555. The summed E-state index contributed by atoms with van der Waals surface area (Å²) in [4.78, 5) is 12.1. The van der Waals surface area contributed by atoms with Crippen LogP contribution in [0.1, 0.15) is 13.8 Å². The number of thioether (sulfide) groups is 1. The summed E-state index contributed by atoms with van der Waals surface area (Å²) in [5.41, 5.74) is 1.68. The van der Waals surface area contributed by atoms with Crippen molar-refractivity contribution in [1.29, 1.82) is 0 Å². The Labute approximate surface area is 105 Å². The SMILES string of the molecule is CC(C)Sc1cccc(-c2ccc(=O)oc2)c1. The highest BCUT2D eigenvalue weighted by Gasteiger charge is 2.02. The van der Waals surface area contributed by atoms with Gasteiger partial charge in [0.05, 0.1) is 0 Å². The van der Waals surface area contributed by atoms with Crippen molar-refractivity contribution in [3.63, 3.8) is 0 Å². The predicted molar refractivity (Wildman–Crippen MR) is 71.4 cm³/mol. The quantitative estimate of drug-likeness (QED) is 0.771. The van der Waals surface area contributed by atoms with Gasteiger partial charge in [-0.15, -0.1) is 11.8 Å². The van der Waals surface area contributed by atoms with E-state index < -0.39 is 0 Å². The zero-order valence-corrected chi connectivity index (χ0v) is 10.7. The lowest BCUT2D eigenvalue weighted by molar-refractivity contribution is 0.512. The van der Waals surface area contributed by atoms with E-state index in [-0.39, 0.29) is 5.63 Å². The molecule has 3 heteroatoms. The average Bonchev–Trinajstić information content (AvgIpc) is 2.29. The van der Waals surface area contributed by atoms with E-state index in [1.807, 2.05) is 23.9 Å². The summed E-state index contributed by atoms with van der Waals surface area (Å²) in [6.07, 6.45) is 1.50. The molecule has 0 saturated heterocycles. The van der Waals surface area contributed by atoms with Crippen LogP contribution in [0.15, 0.2) is 56.8 Å². The zero-order chi connectivity index (χ0) is 12.3. The highest BCUT2D eigenvalue weighted by Crippen LogP contribution is 2.27. The van der Waals surface area contributed by atoms with Gasteiger partial charge in [0.2, 0.25) is 0 Å². The van der Waals surface area contributed by atoms with Gasteiger partial charge in [-0.1, -0.05) is 26.0 Å². The third-order valence-electron chi connectivity index (χ3n) is 2.24. The van der Waals surface area contributed by atoms with Gasteiger partial charge in [-0.05, 0) is 23.8 Å². The normalized spacial score (nSPS) is 10.8. The Morgan fingerprint density at radius 3 is 2.59 bits per heavy atom. The number of hydrogen-bond acceptors (Lipinski definition) is 3. The molecule has 2 aromatic rings. The highest BCUT2D eigenvalue weighted by atomic mass is 32.2. The molecule has 17 heavy (non-hydrogen) atoms. The van der Waals surface area contributed by atoms with Gasteiger partial charge in [0.15, 0.2) is 0 Å². The molecule has 0 unspecified atom stereocenters. The second-order valence-electron chi connectivity index (χ2n) is 4.04. The van der Waals surface area contributed by atoms with E-state index in [0.29, 0.717) is 5.25 Å². The Kier molecular flexibility index (Phi) is 3.69. The Morgan fingerprint density at radius 2 is 1.94 bits per heavy atom. The Morgan fingerprint density at radius 1 is 1.12 bits per heavy atom. The standard InChI is InChI=1S/C14H14O2S/c1-10(2)17-13-5-3-4-11(8-13)12-6-7-14(15)16-9-12/h3-10H,1-2H3. The van der Waals surface area contributed by atoms with Gasteiger partial charge in [0.1, 0.15) is 6.26 Å². The van der Waals surface area contributed by atoms with Gasteiger partial charge in [0, 0.05) is 21.8 Å². The molecule has 2 rings (SSSR count). The molecule has 1 heterocycles. The molecule has 0 spiro atoms. The molecule has 0 fully saturated rings. The summed E-state index contributed by atoms with van der Waals surface area (Å²) < 4.78 is 4.87. The topological polar surface area (TPSA) is 30.2 Å². The summed E-state index contributed by atoms with van der Waals surface area (Å²) in [6, 6.07) is 11.5. The second-order valence-corrected chi connectivity index (χ2v) is 5.69. The monoisotopic (exact) mass is 246 g/mol. The molecule has 2 nitrogen and oxygen atoms in total. The van der Waals surface area contributed by atoms with Crippen LogP contribution in [0.2, 0.25) is 0 Å². The van der Waals surface area contributed by atoms with Gasteiger partial charge < -0.3 is 4.42 Å². The molecule has 1 aromatic heterocycles. The van der Waals surface area contributed by atoms with Gasteiger partial charge in [0.25, 0.3) is 0 Å². The molecule has 0 radical (unpaired) electrons. The molecule has 0 bridgehead atoms. The molecular formula is C14H14O2S. The maximum absolute atomic E-state index is 10.9. The van der Waals surface area contributed by atoms with Crippen LogP contribution in [0, 0.1) is 0 Å². The molecule has 0 saturated carbocycles. The first-order valence-corrected chi connectivity index (χ1v) is 6.39. The van der Waals surface area contributed by atoms with Crippen LogP contribution in [0.5, 0.6) is 0 Å². The van der Waals surface area contributed by atoms with Crippen molar-refractivity contribution in [1.82, 2.24) is 0 Å².